The quantitative estimate of drug-likeness (QED) is 0.418. The van der Waals surface area contributed by atoms with Crippen molar-refractivity contribution in [3.05, 3.63) is 72.4 Å². The predicted octanol–water partition coefficient (Wildman–Crippen LogP) is 4.18. The number of imidazole rings is 1. The van der Waals surface area contributed by atoms with Crippen LogP contribution in [0.4, 0.5) is 11.6 Å². The van der Waals surface area contributed by atoms with Gasteiger partial charge in [-0.1, -0.05) is 24.1 Å². The number of nitrogens with zero attached hydrogens (tertiary/aromatic N) is 5. The van der Waals surface area contributed by atoms with Crippen LogP contribution in [0.3, 0.4) is 0 Å². The Morgan fingerprint density at radius 3 is 2.72 bits per heavy atom. The van der Waals surface area contributed by atoms with E-state index >= 15 is 0 Å². The van der Waals surface area contributed by atoms with Gasteiger partial charge in [-0.15, -0.1) is 5.92 Å². The minimum absolute atomic E-state index is 0.167. The molecule has 3 aromatic heterocycles. The number of nitrogen functional groups attached to an aromatic ring is 1. The largest absolute Gasteiger partial charge is 0.382 e. The maximum Gasteiger partial charge on any atom is 0.256 e. The molecule has 2 aliphatic rings. The molecule has 6 rings (SSSR count). The van der Waals surface area contributed by atoms with Gasteiger partial charge in [-0.2, -0.15) is 0 Å². The highest BCUT2D eigenvalue weighted by molar-refractivity contribution is 6.04. The van der Waals surface area contributed by atoms with Crippen LogP contribution in [0.5, 0.6) is 0 Å². The number of nitrogens with two attached hydrogens (primary N) is 1. The number of hydrogen-bond donors (Lipinski definition) is 2. The van der Waals surface area contributed by atoms with E-state index in [4.69, 9.17) is 10.7 Å². The number of fused-ring (bicyclic) bond motifs is 1. The molecule has 1 atom stereocenters. The van der Waals surface area contributed by atoms with Gasteiger partial charge in [-0.05, 0) is 55.9 Å². The molecule has 1 saturated heterocycles. The van der Waals surface area contributed by atoms with Crippen molar-refractivity contribution in [3.63, 3.8) is 0 Å². The third-order valence-corrected chi connectivity index (χ3v) is 7.26. The minimum Gasteiger partial charge on any atom is -0.382 e. The zero-order chi connectivity index (χ0) is 24.7. The predicted molar refractivity (Wildman–Crippen MR) is 139 cm³/mol. The Balaban J connectivity index is 1.35. The van der Waals surface area contributed by atoms with Gasteiger partial charge in [0.1, 0.15) is 28.7 Å². The zero-order valence-electron chi connectivity index (χ0n) is 20.1. The topological polar surface area (TPSA) is 101 Å². The van der Waals surface area contributed by atoms with Gasteiger partial charge in [-0.3, -0.25) is 14.1 Å². The lowest BCUT2D eigenvalue weighted by molar-refractivity contribution is 0.102. The smallest absolute Gasteiger partial charge is 0.256 e. The molecule has 2 fully saturated rings. The van der Waals surface area contributed by atoms with Crippen LogP contribution in [0.2, 0.25) is 0 Å². The summed E-state index contributed by atoms with van der Waals surface area (Å²) in [5.74, 6) is 7.98. The molecule has 36 heavy (non-hydrogen) atoms. The average molecular weight is 478 g/mol. The SMILES string of the molecule is CC#CCN1CC2(CC2)C[C@H]1c1nc(-c2ccc(C(=O)Nc3ccccn3)cc2)c2c(N)nccn12. The van der Waals surface area contributed by atoms with E-state index in [1.54, 1.807) is 36.7 Å². The number of anilines is 2. The summed E-state index contributed by atoms with van der Waals surface area (Å²) in [6.45, 7) is 3.67. The maximum atomic E-state index is 12.7. The molecule has 4 heterocycles. The fraction of sp³-hybridized carbons (Fsp3) is 0.286. The summed E-state index contributed by atoms with van der Waals surface area (Å²) in [6, 6.07) is 13.0. The Morgan fingerprint density at radius 2 is 2.00 bits per heavy atom. The molecule has 0 radical (unpaired) electrons. The number of likely N-dealkylation sites (tertiary alicyclic amines) is 1. The lowest BCUT2D eigenvalue weighted by Crippen LogP contribution is -2.26. The van der Waals surface area contributed by atoms with Crippen molar-refractivity contribution in [2.75, 3.05) is 24.1 Å². The van der Waals surface area contributed by atoms with Gasteiger partial charge in [0.15, 0.2) is 0 Å². The molecule has 3 N–H and O–H groups in total. The first-order chi connectivity index (χ1) is 17.6. The van der Waals surface area contributed by atoms with Crippen LogP contribution >= 0.6 is 0 Å². The molecule has 0 unspecified atom stereocenters. The molecule has 1 amide bonds. The molecular weight excluding hydrogens is 450 g/mol. The van der Waals surface area contributed by atoms with E-state index in [1.165, 1.54) is 12.8 Å². The molecular formula is C28H27N7O. The van der Waals surface area contributed by atoms with Crippen molar-refractivity contribution in [1.29, 1.82) is 0 Å². The average Bonchev–Trinajstić information content (AvgIpc) is 3.39. The summed E-state index contributed by atoms with van der Waals surface area (Å²) >= 11 is 0. The van der Waals surface area contributed by atoms with Gasteiger partial charge < -0.3 is 11.1 Å². The van der Waals surface area contributed by atoms with E-state index < -0.39 is 0 Å². The number of nitrogens with one attached hydrogen (secondary N) is 1. The summed E-state index contributed by atoms with van der Waals surface area (Å²) in [5, 5.41) is 2.82. The van der Waals surface area contributed by atoms with Crippen molar-refractivity contribution >= 4 is 23.1 Å². The summed E-state index contributed by atoms with van der Waals surface area (Å²) in [7, 11) is 0. The number of rotatable bonds is 5. The number of carbonyl (C=O) groups is 1. The van der Waals surface area contributed by atoms with Crippen LogP contribution < -0.4 is 11.1 Å². The third kappa shape index (κ3) is 3.97. The molecule has 8 heteroatoms. The number of amides is 1. The Kier molecular flexibility index (Phi) is 5.42. The highest BCUT2D eigenvalue weighted by Gasteiger charge is 2.53. The standard InChI is InChI=1S/C28H27N7O/c1-2-3-15-34-18-28(11-12-28)17-21(34)26-33-23(24-25(29)31-14-16-35(24)26)19-7-9-20(10-8-19)27(36)32-22-6-4-5-13-30-22/h4-10,13-14,16,21H,11-12,15,17-18H2,1H3,(H2,29,31)(H,30,32,36)/t21-/m0/s1. The minimum atomic E-state index is -0.217. The Labute approximate surface area is 209 Å². The van der Waals surface area contributed by atoms with Crippen molar-refractivity contribution in [2.24, 2.45) is 5.41 Å². The fourth-order valence-corrected chi connectivity index (χ4v) is 5.21. The van der Waals surface area contributed by atoms with Crippen LogP contribution in [-0.4, -0.2) is 43.2 Å². The van der Waals surface area contributed by atoms with E-state index in [2.05, 4.69) is 36.4 Å². The number of aromatic nitrogens is 4. The highest BCUT2D eigenvalue weighted by atomic mass is 16.1. The normalized spacial score (nSPS) is 18.2. The van der Waals surface area contributed by atoms with Gasteiger partial charge in [0.25, 0.3) is 5.91 Å². The van der Waals surface area contributed by atoms with Gasteiger partial charge in [0.05, 0.1) is 12.6 Å². The Bertz CT molecular complexity index is 1490. The van der Waals surface area contributed by atoms with Gasteiger partial charge >= 0.3 is 0 Å². The van der Waals surface area contributed by atoms with E-state index in [1.807, 2.05) is 31.3 Å². The van der Waals surface area contributed by atoms with Crippen molar-refractivity contribution in [3.8, 4) is 23.1 Å². The van der Waals surface area contributed by atoms with Crippen molar-refractivity contribution < 1.29 is 4.79 Å². The van der Waals surface area contributed by atoms with Crippen LogP contribution in [0.25, 0.3) is 16.8 Å². The molecule has 4 aromatic rings. The second-order valence-electron chi connectivity index (χ2n) is 9.65. The summed E-state index contributed by atoms with van der Waals surface area (Å²) in [6.07, 6.45) is 8.91. The molecule has 8 nitrogen and oxygen atoms in total. The van der Waals surface area contributed by atoms with Crippen molar-refractivity contribution in [1.82, 2.24) is 24.3 Å². The number of pyridine rings is 1. The lowest BCUT2D eigenvalue weighted by atomic mass is 10.0. The third-order valence-electron chi connectivity index (χ3n) is 7.26. The van der Waals surface area contributed by atoms with Crippen LogP contribution in [0.1, 0.15) is 48.4 Å². The summed E-state index contributed by atoms with van der Waals surface area (Å²) in [4.78, 5) is 28.8. The van der Waals surface area contributed by atoms with E-state index in [0.717, 1.165) is 42.1 Å². The molecule has 1 aliphatic heterocycles. The molecule has 1 aliphatic carbocycles. The van der Waals surface area contributed by atoms with E-state index in [0.29, 0.717) is 22.6 Å². The fourth-order valence-electron chi connectivity index (χ4n) is 5.21. The molecule has 0 bridgehead atoms. The molecule has 1 spiro atoms. The number of hydrogen-bond acceptors (Lipinski definition) is 6. The summed E-state index contributed by atoms with van der Waals surface area (Å²) < 4.78 is 2.08. The van der Waals surface area contributed by atoms with Crippen LogP contribution in [0.15, 0.2) is 61.1 Å². The first-order valence-corrected chi connectivity index (χ1v) is 12.2. The van der Waals surface area contributed by atoms with Gasteiger partial charge in [0, 0.05) is 36.3 Å². The molecule has 1 saturated carbocycles. The van der Waals surface area contributed by atoms with Crippen molar-refractivity contribution in [2.45, 2.75) is 32.2 Å². The maximum absolute atomic E-state index is 12.7. The van der Waals surface area contributed by atoms with Crippen LogP contribution in [-0.2, 0) is 0 Å². The second-order valence-corrected chi connectivity index (χ2v) is 9.65. The second kappa shape index (κ2) is 8.77. The molecule has 180 valence electrons. The Hall–Kier alpha value is -4.22. The first-order valence-electron chi connectivity index (χ1n) is 12.2. The lowest BCUT2D eigenvalue weighted by Gasteiger charge is -2.21. The number of benzene rings is 1. The van der Waals surface area contributed by atoms with E-state index in [9.17, 15) is 4.79 Å². The monoisotopic (exact) mass is 477 g/mol. The highest BCUT2D eigenvalue weighted by Crippen LogP contribution is 2.58. The molecule has 1 aromatic carbocycles. The Morgan fingerprint density at radius 1 is 1.17 bits per heavy atom. The van der Waals surface area contributed by atoms with Gasteiger partial charge in [-0.25, -0.2) is 15.0 Å². The van der Waals surface area contributed by atoms with Crippen LogP contribution in [0, 0.1) is 17.3 Å². The summed E-state index contributed by atoms with van der Waals surface area (Å²) in [5.41, 5.74) is 9.74. The number of carbonyl (C=O) groups excluding carboxylic acids is 1. The first kappa shape index (κ1) is 22.3. The van der Waals surface area contributed by atoms with E-state index in [-0.39, 0.29) is 11.9 Å². The zero-order valence-corrected chi connectivity index (χ0v) is 20.1. The van der Waals surface area contributed by atoms with Gasteiger partial charge in [0.2, 0.25) is 0 Å².